The zero-order valence-corrected chi connectivity index (χ0v) is 11.6. The van der Waals surface area contributed by atoms with Gasteiger partial charge in [0.1, 0.15) is 12.1 Å². The highest BCUT2D eigenvalue weighted by atomic mass is 16.5. The van der Waals surface area contributed by atoms with Crippen molar-refractivity contribution in [2.45, 2.75) is 32.5 Å². The first-order valence-corrected chi connectivity index (χ1v) is 6.28. The third-order valence-electron chi connectivity index (χ3n) is 3.08. The van der Waals surface area contributed by atoms with Gasteiger partial charge in [-0.1, -0.05) is 0 Å². The van der Waals surface area contributed by atoms with Crippen LogP contribution < -0.4 is 5.73 Å². The second-order valence-electron chi connectivity index (χ2n) is 5.10. The molecule has 0 fully saturated rings. The van der Waals surface area contributed by atoms with Crippen LogP contribution in [0.4, 0.5) is 5.69 Å². The zero-order chi connectivity index (χ0) is 13.9. The molecule has 0 spiro atoms. The third-order valence-corrected chi connectivity index (χ3v) is 3.08. The highest BCUT2D eigenvalue weighted by Crippen LogP contribution is 2.19. The molecule has 2 N–H and O–H groups in total. The number of hydrogen-bond donors (Lipinski definition) is 1. The van der Waals surface area contributed by atoms with Crippen LogP contribution in [0.3, 0.4) is 0 Å². The first kappa shape index (κ1) is 13.8. The zero-order valence-electron chi connectivity index (χ0n) is 11.6. The number of nitrogens with zero attached hydrogens (tertiary/aromatic N) is 1. The monoisotopic (exact) mass is 264 g/mol. The fourth-order valence-electron chi connectivity index (χ4n) is 1.63. The molecule has 2 rings (SSSR count). The van der Waals surface area contributed by atoms with E-state index in [-0.39, 0.29) is 5.60 Å². The molecule has 0 saturated heterocycles. The molecule has 0 atom stereocenters. The van der Waals surface area contributed by atoms with E-state index in [9.17, 15) is 0 Å². The number of nitrogen functional groups attached to an aromatic ring is 1. The molecule has 2 aromatic rings. The third kappa shape index (κ3) is 3.68. The van der Waals surface area contributed by atoms with Gasteiger partial charge in [0, 0.05) is 19.4 Å². The van der Waals surface area contributed by atoms with Gasteiger partial charge in [-0.3, -0.25) is 0 Å². The smallest absolute Gasteiger partial charge is 0.221 e. The van der Waals surface area contributed by atoms with Crippen molar-refractivity contribution >= 4 is 16.8 Å². The van der Waals surface area contributed by atoms with Crippen LogP contribution in [-0.4, -0.2) is 24.3 Å². The first-order valence-electron chi connectivity index (χ1n) is 6.28. The molecule has 0 radical (unpaired) electrons. The van der Waals surface area contributed by atoms with Crippen LogP contribution in [-0.2, 0) is 16.1 Å². The molecule has 0 aliphatic carbocycles. The van der Waals surface area contributed by atoms with Crippen molar-refractivity contribution in [1.82, 2.24) is 4.98 Å². The molecular weight excluding hydrogens is 244 g/mol. The van der Waals surface area contributed by atoms with E-state index in [1.54, 1.807) is 19.2 Å². The topological polar surface area (TPSA) is 70.5 Å². The Morgan fingerprint density at radius 3 is 2.89 bits per heavy atom. The van der Waals surface area contributed by atoms with E-state index in [0.29, 0.717) is 24.8 Å². The summed E-state index contributed by atoms with van der Waals surface area (Å²) in [5.74, 6) is 0.566. The first-order chi connectivity index (χ1) is 9.00. The van der Waals surface area contributed by atoms with E-state index in [1.165, 1.54) is 0 Å². The summed E-state index contributed by atoms with van der Waals surface area (Å²) in [6.07, 6.45) is 0.816. The summed E-state index contributed by atoms with van der Waals surface area (Å²) in [7, 11) is 1.70. The van der Waals surface area contributed by atoms with Gasteiger partial charge in [0.25, 0.3) is 0 Å². The maximum absolute atomic E-state index is 5.69. The SMILES string of the molecule is COC(C)(C)CCOCc1nc2cc(N)ccc2o1. The molecule has 19 heavy (non-hydrogen) atoms. The molecular formula is C14H20N2O3. The molecule has 0 aliphatic rings. The summed E-state index contributed by atoms with van der Waals surface area (Å²) >= 11 is 0. The van der Waals surface area contributed by atoms with E-state index in [2.05, 4.69) is 4.98 Å². The number of rotatable bonds is 6. The standard InChI is InChI=1S/C14H20N2O3/c1-14(2,17-3)6-7-18-9-13-16-11-8-10(15)4-5-12(11)19-13/h4-5,8H,6-7,9,15H2,1-3H3. The Morgan fingerprint density at radius 2 is 2.16 bits per heavy atom. The van der Waals surface area contributed by atoms with Crippen LogP contribution >= 0.6 is 0 Å². The van der Waals surface area contributed by atoms with Crippen LogP contribution in [0.25, 0.3) is 11.1 Å². The molecule has 0 unspecified atom stereocenters. The molecule has 0 saturated carbocycles. The molecule has 104 valence electrons. The number of anilines is 1. The highest BCUT2D eigenvalue weighted by Gasteiger charge is 2.16. The Balaban J connectivity index is 1.88. The Hall–Kier alpha value is -1.59. The van der Waals surface area contributed by atoms with Crippen molar-refractivity contribution in [2.75, 3.05) is 19.5 Å². The van der Waals surface area contributed by atoms with Crippen molar-refractivity contribution in [3.63, 3.8) is 0 Å². The number of hydrogen-bond acceptors (Lipinski definition) is 5. The van der Waals surface area contributed by atoms with E-state index >= 15 is 0 Å². The number of methoxy groups -OCH3 is 1. The molecule has 0 amide bonds. The Bertz CT molecular complexity index is 549. The fraction of sp³-hybridized carbons (Fsp3) is 0.500. The second-order valence-corrected chi connectivity index (χ2v) is 5.10. The summed E-state index contributed by atoms with van der Waals surface area (Å²) in [5, 5.41) is 0. The number of ether oxygens (including phenoxy) is 2. The average Bonchev–Trinajstić information content (AvgIpc) is 2.76. The van der Waals surface area contributed by atoms with Gasteiger partial charge in [0.2, 0.25) is 5.89 Å². The summed E-state index contributed by atoms with van der Waals surface area (Å²) in [4.78, 5) is 4.32. The maximum Gasteiger partial charge on any atom is 0.221 e. The van der Waals surface area contributed by atoms with Crippen LogP contribution in [0.15, 0.2) is 22.6 Å². The molecule has 0 aliphatic heterocycles. The van der Waals surface area contributed by atoms with Crippen LogP contribution in [0.2, 0.25) is 0 Å². The lowest BCUT2D eigenvalue weighted by atomic mass is 10.1. The number of benzene rings is 1. The van der Waals surface area contributed by atoms with Gasteiger partial charge in [-0.05, 0) is 38.5 Å². The van der Waals surface area contributed by atoms with E-state index < -0.39 is 0 Å². The lowest BCUT2D eigenvalue weighted by Crippen LogP contribution is -2.24. The molecule has 5 nitrogen and oxygen atoms in total. The van der Waals surface area contributed by atoms with E-state index in [0.717, 1.165) is 17.5 Å². The van der Waals surface area contributed by atoms with Crippen molar-refractivity contribution in [3.05, 3.63) is 24.1 Å². The minimum atomic E-state index is -0.171. The van der Waals surface area contributed by atoms with Crippen LogP contribution in [0.5, 0.6) is 0 Å². The van der Waals surface area contributed by atoms with Gasteiger partial charge in [-0.15, -0.1) is 0 Å². The molecule has 0 bridgehead atoms. The fourth-order valence-corrected chi connectivity index (χ4v) is 1.63. The van der Waals surface area contributed by atoms with Gasteiger partial charge >= 0.3 is 0 Å². The lowest BCUT2D eigenvalue weighted by molar-refractivity contribution is -0.0147. The lowest BCUT2D eigenvalue weighted by Gasteiger charge is -2.22. The summed E-state index contributed by atoms with van der Waals surface area (Å²) in [5.41, 5.74) is 7.68. The van der Waals surface area contributed by atoms with Gasteiger partial charge in [0.15, 0.2) is 5.58 Å². The summed E-state index contributed by atoms with van der Waals surface area (Å²) < 4.78 is 16.4. The van der Waals surface area contributed by atoms with Gasteiger partial charge in [0.05, 0.1) is 5.60 Å². The predicted molar refractivity (Wildman–Crippen MR) is 73.8 cm³/mol. The van der Waals surface area contributed by atoms with Crippen LogP contribution in [0, 0.1) is 0 Å². The maximum atomic E-state index is 5.69. The summed E-state index contributed by atoms with van der Waals surface area (Å²) in [6, 6.07) is 5.39. The minimum Gasteiger partial charge on any atom is -0.438 e. The second kappa shape index (κ2) is 5.59. The molecule has 1 heterocycles. The summed E-state index contributed by atoms with van der Waals surface area (Å²) in [6.45, 7) is 5.01. The number of aromatic nitrogens is 1. The Morgan fingerprint density at radius 1 is 1.37 bits per heavy atom. The van der Waals surface area contributed by atoms with Crippen LogP contribution in [0.1, 0.15) is 26.2 Å². The average molecular weight is 264 g/mol. The predicted octanol–water partition coefficient (Wildman–Crippen LogP) is 2.74. The van der Waals surface area contributed by atoms with Gasteiger partial charge < -0.3 is 19.6 Å². The molecule has 1 aromatic carbocycles. The number of nitrogens with two attached hydrogens (primary N) is 1. The number of oxazole rings is 1. The van der Waals surface area contributed by atoms with E-state index in [1.807, 2.05) is 19.9 Å². The Kier molecular flexibility index (Phi) is 4.07. The highest BCUT2D eigenvalue weighted by molar-refractivity contribution is 5.76. The Labute approximate surface area is 112 Å². The van der Waals surface area contributed by atoms with Gasteiger partial charge in [-0.2, -0.15) is 0 Å². The quantitative estimate of drug-likeness (QED) is 0.641. The van der Waals surface area contributed by atoms with Crippen molar-refractivity contribution < 1.29 is 13.9 Å². The van der Waals surface area contributed by atoms with Crippen molar-refractivity contribution in [1.29, 1.82) is 0 Å². The molecule has 1 aromatic heterocycles. The number of fused-ring (bicyclic) bond motifs is 1. The van der Waals surface area contributed by atoms with Crippen molar-refractivity contribution in [3.8, 4) is 0 Å². The molecule has 5 heteroatoms. The van der Waals surface area contributed by atoms with E-state index in [4.69, 9.17) is 19.6 Å². The normalized spacial score (nSPS) is 12.2. The minimum absolute atomic E-state index is 0.171. The van der Waals surface area contributed by atoms with Gasteiger partial charge in [-0.25, -0.2) is 4.98 Å². The van der Waals surface area contributed by atoms with Crippen molar-refractivity contribution in [2.24, 2.45) is 0 Å². The largest absolute Gasteiger partial charge is 0.438 e.